The minimum absolute atomic E-state index is 0.0106. The lowest BCUT2D eigenvalue weighted by atomic mass is 10.5. The molecule has 0 rings (SSSR count). The fourth-order valence-electron chi connectivity index (χ4n) is 0.354. The highest BCUT2D eigenvalue weighted by molar-refractivity contribution is 5.81. The van der Waals surface area contributed by atoms with E-state index in [9.17, 15) is 4.79 Å². The number of aliphatic hydroxyl groups is 1. The van der Waals surface area contributed by atoms with Gasteiger partial charge >= 0.3 is 5.97 Å². The van der Waals surface area contributed by atoms with E-state index in [1.807, 2.05) is 0 Å². The number of hydrogen-bond acceptors (Lipinski definition) is 4. The average Bonchev–Trinajstić information content (AvgIpc) is 1.87. The highest BCUT2D eigenvalue weighted by atomic mass is 17.2. The second-order valence-corrected chi connectivity index (χ2v) is 2.04. The monoisotopic (exact) mass is 160 g/mol. The Balaban J connectivity index is 3.32. The molecule has 0 radical (unpaired) electrons. The highest BCUT2D eigenvalue weighted by Crippen LogP contribution is 1.86. The van der Waals surface area contributed by atoms with Crippen molar-refractivity contribution in [2.45, 2.75) is 20.0 Å². The second-order valence-electron chi connectivity index (χ2n) is 2.04. The number of rotatable bonds is 4. The van der Waals surface area contributed by atoms with Gasteiger partial charge in [-0.15, -0.1) is 0 Å². The SMILES string of the molecule is CC=CC(=O)OOCC(C)O. The summed E-state index contributed by atoms with van der Waals surface area (Å²) in [6.45, 7) is 3.21. The third-order valence-electron chi connectivity index (χ3n) is 0.753. The molecule has 64 valence electrons. The van der Waals surface area contributed by atoms with Crippen LogP contribution in [0.3, 0.4) is 0 Å². The third-order valence-corrected chi connectivity index (χ3v) is 0.753. The summed E-state index contributed by atoms with van der Waals surface area (Å²) in [7, 11) is 0. The van der Waals surface area contributed by atoms with Crippen LogP contribution >= 0.6 is 0 Å². The van der Waals surface area contributed by atoms with Crippen molar-refractivity contribution in [2.24, 2.45) is 0 Å². The zero-order valence-electron chi connectivity index (χ0n) is 6.61. The lowest BCUT2D eigenvalue weighted by molar-refractivity contribution is -0.275. The summed E-state index contributed by atoms with van der Waals surface area (Å²) >= 11 is 0. The van der Waals surface area contributed by atoms with E-state index in [-0.39, 0.29) is 6.61 Å². The molecule has 4 heteroatoms. The summed E-state index contributed by atoms with van der Waals surface area (Å²) in [5, 5.41) is 8.66. The smallest absolute Gasteiger partial charge is 0.365 e. The summed E-state index contributed by atoms with van der Waals surface area (Å²) < 4.78 is 0. The molecular weight excluding hydrogens is 148 g/mol. The van der Waals surface area contributed by atoms with Gasteiger partial charge < -0.3 is 5.11 Å². The van der Waals surface area contributed by atoms with Gasteiger partial charge in [0, 0.05) is 6.08 Å². The molecule has 0 saturated heterocycles. The molecule has 1 atom stereocenters. The van der Waals surface area contributed by atoms with E-state index in [0.717, 1.165) is 0 Å². The van der Waals surface area contributed by atoms with Gasteiger partial charge in [0.15, 0.2) is 0 Å². The molecule has 0 aromatic rings. The van der Waals surface area contributed by atoms with Gasteiger partial charge in [0.05, 0.1) is 6.10 Å². The first-order valence-corrected chi connectivity index (χ1v) is 3.31. The summed E-state index contributed by atoms with van der Waals surface area (Å²) in [6.07, 6.45) is 2.13. The maximum absolute atomic E-state index is 10.5. The van der Waals surface area contributed by atoms with E-state index in [4.69, 9.17) is 5.11 Å². The van der Waals surface area contributed by atoms with Gasteiger partial charge in [0.25, 0.3) is 0 Å². The highest BCUT2D eigenvalue weighted by Gasteiger charge is 1.99. The van der Waals surface area contributed by atoms with Gasteiger partial charge in [-0.2, -0.15) is 4.89 Å². The topological polar surface area (TPSA) is 55.8 Å². The largest absolute Gasteiger partial charge is 0.391 e. The predicted molar refractivity (Wildman–Crippen MR) is 38.5 cm³/mol. The third kappa shape index (κ3) is 7.02. The van der Waals surface area contributed by atoms with Gasteiger partial charge in [-0.25, -0.2) is 4.79 Å². The van der Waals surface area contributed by atoms with Crippen molar-refractivity contribution >= 4 is 5.97 Å². The molecule has 0 fully saturated rings. The maximum Gasteiger partial charge on any atom is 0.365 e. The Hall–Kier alpha value is -0.870. The normalized spacial score (nSPS) is 13.4. The van der Waals surface area contributed by atoms with Gasteiger partial charge in [-0.05, 0) is 13.8 Å². The summed E-state index contributed by atoms with van der Waals surface area (Å²) in [4.78, 5) is 19.1. The number of allylic oxidation sites excluding steroid dienone is 1. The molecule has 0 saturated carbocycles. The van der Waals surface area contributed by atoms with Gasteiger partial charge in [0.1, 0.15) is 6.61 Å². The minimum Gasteiger partial charge on any atom is -0.391 e. The van der Waals surface area contributed by atoms with E-state index < -0.39 is 12.1 Å². The lowest BCUT2D eigenvalue weighted by Gasteiger charge is -2.02. The van der Waals surface area contributed by atoms with E-state index in [1.165, 1.54) is 19.1 Å². The van der Waals surface area contributed by atoms with E-state index in [0.29, 0.717) is 0 Å². The molecule has 11 heavy (non-hydrogen) atoms. The van der Waals surface area contributed by atoms with Crippen molar-refractivity contribution in [3.05, 3.63) is 12.2 Å². The van der Waals surface area contributed by atoms with Gasteiger partial charge in [-0.3, -0.25) is 4.89 Å². The number of hydrogen-bond donors (Lipinski definition) is 1. The molecule has 0 aromatic carbocycles. The molecule has 0 amide bonds. The van der Waals surface area contributed by atoms with Crippen molar-refractivity contribution in [3.63, 3.8) is 0 Å². The van der Waals surface area contributed by atoms with Crippen LogP contribution in [0.15, 0.2) is 12.2 Å². The van der Waals surface area contributed by atoms with Crippen molar-refractivity contribution in [2.75, 3.05) is 6.61 Å². The molecule has 4 nitrogen and oxygen atoms in total. The Bertz CT molecular complexity index is 139. The van der Waals surface area contributed by atoms with E-state index in [1.54, 1.807) is 6.92 Å². The Morgan fingerprint density at radius 1 is 1.73 bits per heavy atom. The van der Waals surface area contributed by atoms with Crippen LogP contribution in [0.4, 0.5) is 0 Å². The molecule has 0 aromatic heterocycles. The van der Waals surface area contributed by atoms with Crippen LogP contribution in [0.5, 0.6) is 0 Å². The van der Waals surface area contributed by atoms with Crippen LogP contribution < -0.4 is 0 Å². The first-order valence-electron chi connectivity index (χ1n) is 3.31. The zero-order chi connectivity index (χ0) is 8.69. The quantitative estimate of drug-likeness (QED) is 0.368. The summed E-state index contributed by atoms with van der Waals surface area (Å²) in [5.74, 6) is -0.576. The van der Waals surface area contributed by atoms with Crippen LogP contribution in [0.2, 0.25) is 0 Å². The Morgan fingerprint density at radius 2 is 2.36 bits per heavy atom. The first-order chi connectivity index (χ1) is 5.16. The van der Waals surface area contributed by atoms with Crippen LogP contribution in [-0.4, -0.2) is 23.8 Å². The second kappa shape index (κ2) is 5.88. The van der Waals surface area contributed by atoms with Crippen molar-refractivity contribution in [3.8, 4) is 0 Å². The van der Waals surface area contributed by atoms with Crippen LogP contribution in [0, 0.1) is 0 Å². The number of aliphatic hydroxyl groups excluding tert-OH is 1. The molecule has 0 aliphatic heterocycles. The summed E-state index contributed by atoms with van der Waals surface area (Å²) in [5.41, 5.74) is 0. The van der Waals surface area contributed by atoms with Crippen LogP contribution in [0.1, 0.15) is 13.8 Å². The molecule has 0 bridgehead atoms. The summed E-state index contributed by atoms with van der Waals surface area (Å²) in [6, 6.07) is 0. The fourth-order valence-corrected chi connectivity index (χ4v) is 0.354. The Kier molecular flexibility index (Phi) is 5.42. The number of carbonyl (C=O) groups is 1. The fraction of sp³-hybridized carbons (Fsp3) is 0.571. The van der Waals surface area contributed by atoms with Crippen molar-refractivity contribution < 1.29 is 19.7 Å². The van der Waals surface area contributed by atoms with Crippen LogP contribution in [0.25, 0.3) is 0 Å². The first kappa shape index (κ1) is 10.1. The van der Waals surface area contributed by atoms with Gasteiger partial charge in [0.2, 0.25) is 0 Å². The van der Waals surface area contributed by atoms with Crippen molar-refractivity contribution in [1.29, 1.82) is 0 Å². The number of carbonyl (C=O) groups excluding carboxylic acids is 1. The Morgan fingerprint density at radius 3 is 2.82 bits per heavy atom. The molecule has 0 spiro atoms. The minimum atomic E-state index is -0.631. The maximum atomic E-state index is 10.5. The predicted octanol–water partition coefficient (Wildman–Crippen LogP) is 0.418. The molecular formula is C7H12O4. The van der Waals surface area contributed by atoms with Crippen LogP contribution in [-0.2, 0) is 14.6 Å². The molecule has 0 heterocycles. The Labute approximate surface area is 65.4 Å². The molecule has 0 aliphatic rings. The molecule has 0 aliphatic carbocycles. The molecule has 1 N–H and O–H groups in total. The zero-order valence-corrected chi connectivity index (χ0v) is 6.61. The van der Waals surface area contributed by atoms with Gasteiger partial charge in [-0.1, -0.05) is 6.08 Å². The van der Waals surface area contributed by atoms with Crippen molar-refractivity contribution in [1.82, 2.24) is 0 Å². The van der Waals surface area contributed by atoms with E-state index in [2.05, 4.69) is 9.78 Å². The lowest BCUT2D eigenvalue weighted by Crippen LogP contribution is -2.12. The standard InChI is InChI=1S/C7H12O4/c1-3-4-7(9)11-10-5-6(2)8/h3-4,6,8H,5H2,1-2H3. The van der Waals surface area contributed by atoms with E-state index >= 15 is 0 Å². The molecule has 1 unspecified atom stereocenters. The average molecular weight is 160 g/mol.